The van der Waals surface area contributed by atoms with Gasteiger partial charge in [0.15, 0.2) is 5.16 Å². The van der Waals surface area contributed by atoms with E-state index in [-0.39, 0.29) is 29.9 Å². The number of thioether (sulfide) groups is 1. The quantitative estimate of drug-likeness (QED) is 0.296. The zero-order valence-electron chi connectivity index (χ0n) is 15.2. The van der Waals surface area contributed by atoms with E-state index in [2.05, 4.69) is 10.3 Å². The minimum Gasteiger partial charge on any atom is -0.379 e. The van der Waals surface area contributed by atoms with E-state index in [9.17, 15) is 9.59 Å². The maximum Gasteiger partial charge on any atom is 0.262 e. The van der Waals surface area contributed by atoms with Crippen molar-refractivity contribution in [3.05, 3.63) is 33.6 Å². The number of carbonyl (C=O) groups is 1. The second-order valence-corrected chi connectivity index (χ2v) is 7.39. The number of hydrogen-bond acceptors (Lipinski definition) is 6. The van der Waals surface area contributed by atoms with Gasteiger partial charge in [-0.3, -0.25) is 14.2 Å². The molecule has 0 aliphatic carbocycles. The first-order chi connectivity index (χ1) is 12.9. The van der Waals surface area contributed by atoms with Crippen LogP contribution in [0.15, 0.2) is 28.2 Å². The maximum absolute atomic E-state index is 12.9. The minimum absolute atomic E-state index is 0.0561. The molecule has 27 heavy (non-hydrogen) atoms. The Kier molecular flexibility index (Phi) is 8.10. The Balaban J connectivity index is 2.27. The van der Waals surface area contributed by atoms with Crippen LogP contribution in [0.4, 0.5) is 0 Å². The van der Waals surface area contributed by atoms with Crippen molar-refractivity contribution in [2.75, 3.05) is 18.9 Å². The average molecular weight is 409 g/mol. The zero-order chi connectivity index (χ0) is 19.8. The largest absolute Gasteiger partial charge is 0.379 e. The highest BCUT2D eigenvalue weighted by Crippen LogP contribution is 2.20. The van der Waals surface area contributed by atoms with E-state index in [4.69, 9.17) is 21.6 Å². The lowest BCUT2D eigenvalue weighted by molar-refractivity contribution is -0.118. The molecule has 1 amide bonds. The molecule has 0 aliphatic rings. The van der Waals surface area contributed by atoms with Gasteiger partial charge in [0, 0.05) is 18.2 Å². The molecule has 0 atom stereocenters. The van der Waals surface area contributed by atoms with Gasteiger partial charge in [0.1, 0.15) is 6.54 Å². The molecule has 0 spiro atoms. The van der Waals surface area contributed by atoms with Gasteiger partial charge < -0.3 is 10.1 Å². The summed E-state index contributed by atoms with van der Waals surface area (Å²) in [4.78, 5) is 29.2. The van der Waals surface area contributed by atoms with Crippen LogP contribution < -0.4 is 10.9 Å². The number of nitrogens with zero attached hydrogens (tertiary/aromatic N) is 3. The fraction of sp³-hybridized carbons (Fsp3) is 0.444. The average Bonchev–Trinajstić information content (AvgIpc) is 2.62. The summed E-state index contributed by atoms with van der Waals surface area (Å²) in [5.41, 5.74) is 0.309. The molecule has 0 bridgehead atoms. The predicted molar refractivity (Wildman–Crippen MR) is 106 cm³/mol. The van der Waals surface area contributed by atoms with Crippen molar-refractivity contribution in [1.29, 1.82) is 5.26 Å². The van der Waals surface area contributed by atoms with Crippen molar-refractivity contribution in [2.24, 2.45) is 0 Å². The van der Waals surface area contributed by atoms with E-state index in [1.165, 1.54) is 0 Å². The van der Waals surface area contributed by atoms with Crippen LogP contribution in [0.3, 0.4) is 0 Å². The molecular formula is C18H21ClN4O3S. The Labute approximate surface area is 166 Å². The highest BCUT2D eigenvalue weighted by Gasteiger charge is 2.13. The summed E-state index contributed by atoms with van der Waals surface area (Å²) in [6.45, 7) is 4.80. The van der Waals surface area contributed by atoms with Crippen LogP contribution in [0.5, 0.6) is 0 Å². The molecule has 0 aliphatic heterocycles. The molecule has 144 valence electrons. The summed E-state index contributed by atoms with van der Waals surface area (Å²) < 4.78 is 7.09. The molecule has 0 saturated heterocycles. The summed E-state index contributed by atoms with van der Waals surface area (Å²) >= 11 is 7.16. The van der Waals surface area contributed by atoms with E-state index in [0.29, 0.717) is 40.7 Å². The molecule has 7 nitrogen and oxygen atoms in total. The van der Waals surface area contributed by atoms with Crippen LogP contribution in [-0.2, 0) is 16.1 Å². The Hall–Kier alpha value is -2.08. The molecule has 9 heteroatoms. The van der Waals surface area contributed by atoms with Gasteiger partial charge in [-0.2, -0.15) is 5.26 Å². The van der Waals surface area contributed by atoms with Gasteiger partial charge in [-0.15, -0.1) is 0 Å². The SMILES string of the molecule is CC(C)OCCCn1c(SCC(=O)NCC#N)nc2cc(Cl)ccc2c1=O. The van der Waals surface area contributed by atoms with Crippen molar-refractivity contribution in [2.45, 2.75) is 38.1 Å². The standard InChI is InChI=1S/C18H21ClN4O3S/c1-12(2)26-9-3-8-23-17(25)14-5-4-13(19)10-15(14)22-18(23)27-11-16(24)21-7-6-20/h4-5,10,12H,3,7-9,11H2,1-2H3,(H,21,24). The lowest BCUT2D eigenvalue weighted by Crippen LogP contribution is -2.27. The molecular weight excluding hydrogens is 388 g/mol. The molecule has 1 heterocycles. The molecule has 2 rings (SSSR count). The van der Waals surface area contributed by atoms with Crippen LogP contribution in [0.2, 0.25) is 5.02 Å². The Morgan fingerprint density at radius 3 is 2.96 bits per heavy atom. The molecule has 1 aromatic heterocycles. The summed E-state index contributed by atoms with van der Waals surface area (Å²) in [6.07, 6.45) is 0.767. The van der Waals surface area contributed by atoms with Gasteiger partial charge in [-0.25, -0.2) is 4.98 Å². The number of ether oxygens (including phenoxy) is 1. The molecule has 2 aromatic rings. The Bertz CT molecular complexity index is 908. The summed E-state index contributed by atoms with van der Waals surface area (Å²) in [5, 5.41) is 12.4. The van der Waals surface area contributed by atoms with Gasteiger partial charge in [0.05, 0.1) is 28.8 Å². The van der Waals surface area contributed by atoms with Crippen LogP contribution in [0.1, 0.15) is 20.3 Å². The monoisotopic (exact) mass is 408 g/mol. The number of rotatable bonds is 9. The van der Waals surface area contributed by atoms with E-state index in [0.717, 1.165) is 11.8 Å². The van der Waals surface area contributed by atoms with Gasteiger partial charge >= 0.3 is 0 Å². The van der Waals surface area contributed by atoms with Crippen molar-refractivity contribution in [1.82, 2.24) is 14.9 Å². The number of hydrogen-bond donors (Lipinski definition) is 1. The molecule has 0 radical (unpaired) electrons. The number of nitriles is 1. The van der Waals surface area contributed by atoms with E-state index < -0.39 is 0 Å². The lowest BCUT2D eigenvalue weighted by atomic mass is 10.2. The number of aromatic nitrogens is 2. The summed E-state index contributed by atoms with van der Waals surface area (Å²) in [5.74, 6) is -0.237. The second kappa shape index (κ2) is 10.3. The third kappa shape index (κ3) is 6.24. The first kappa shape index (κ1) is 21.2. The predicted octanol–water partition coefficient (Wildman–Crippen LogP) is 2.60. The first-order valence-corrected chi connectivity index (χ1v) is 9.87. The third-order valence-corrected chi connectivity index (χ3v) is 4.77. The number of nitrogens with one attached hydrogen (secondary N) is 1. The normalized spacial score (nSPS) is 10.9. The smallest absolute Gasteiger partial charge is 0.262 e. The number of fused-ring (bicyclic) bond motifs is 1. The third-order valence-electron chi connectivity index (χ3n) is 3.56. The van der Waals surface area contributed by atoms with Crippen LogP contribution in [0.25, 0.3) is 10.9 Å². The van der Waals surface area contributed by atoms with Gasteiger partial charge in [0.25, 0.3) is 5.56 Å². The van der Waals surface area contributed by atoms with Gasteiger partial charge in [-0.1, -0.05) is 23.4 Å². The van der Waals surface area contributed by atoms with E-state index in [1.54, 1.807) is 22.8 Å². The maximum atomic E-state index is 12.9. The van der Waals surface area contributed by atoms with Crippen molar-refractivity contribution in [3.63, 3.8) is 0 Å². The highest BCUT2D eigenvalue weighted by atomic mass is 35.5. The lowest BCUT2D eigenvalue weighted by Gasteiger charge is -2.14. The Morgan fingerprint density at radius 1 is 1.48 bits per heavy atom. The number of amides is 1. The van der Waals surface area contributed by atoms with Crippen molar-refractivity contribution in [3.8, 4) is 6.07 Å². The first-order valence-electron chi connectivity index (χ1n) is 8.50. The van der Waals surface area contributed by atoms with Crippen LogP contribution in [0, 0.1) is 11.3 Å². The molecule has 1 aromatic carbocycles. The fourth-order valence-electron chi connectivity index (χ4n) is 2.34. The number of benzene rings is 1. The number of halogens is 1. The second-order valence-electron chi connectivity index (χ2n) is 6.01. The van der Waals surface area contributed by atoms with Crippen molar-refractivity contribution < 1.29 is 9.53 Å². The van der Waals surface area contributed by atoms with Crippen molar-refractivity contribution >= 4 is 40.2 Å². The zero-order valence-corrected chi connectivity index (χ0v) is 16.8. The Morgan fingerprint density at radius 2 is 2.26 bits per heavy atom. The molecule has 0 unspecified atom stereocenters. The van der Waals surface area contributed by atoms with Gasteiger partial charge in [0.2, 0.25) is 5.91 Å². The highest BCUT2D eigenvalue weighted by molar-refractivity contribution is 7.99. The molecule has 0 saturated carbocycles. The van der Waals surface area contributed by atoms with Crippen LogP contribution >= 0.6 is 23.4 Å². The summed E-state index contributed by atoms with van der Waals surface area (Å²) in [7, 11) is 0. The minimum atomic E-state index is -0.295. The van der Waals surface area contributed by atoms with E-state index >= 15 is 0 Å². The summed E-state index contributed by atoms with van der Waals surface area (Å²) in [6, 6.07) is 6.79. The molecule has 1 N–H and O–H groups in total. The van der Waals surface area contributed by atoms with Crippen LogP contribution in [-0.4, -0.2) is 40.5 Å². The molecule has 0 fully saturated rings. The van der Waals surface area contributed by atoms with Gasteiger partial charge in [-0.05, 0) is 38.5 Å². The van der Waals surface area contributed by atoms with E-state index in [1.807, 2.05) is 19.9 Å². The fourth-order valence-corrected chi connectivity index (χ4v) is 3.36. The topological polar surface area (TPSA) is 97.0 Å². The number of carbonyl (C=O) groups excluding carboxylic acids is 1.